The van der Waals surface area contributed by atoms with Crippen LogP contribution in [-0.2, 0) is 6.42 Å². The molecular formula is C18H21N2+. The first kappa shape index (κ1) is 12.9. The zero-order chi connectivity index (χ0) is 13.8. The van der Waals surface area contributed by atoms with Gasteiger partial charge in [-0.25, -0.2) is 5.32 Å². The van der Waals surface area contributed by atoms with Gasteiger partial charge in [0.2, 0.25) is 0 Å². The van der Waals surface area contributed by atoms with Crippen LogP contribution in [0.5, 0.6) is 0 Å². The third-order valence-corrected chi connectivity index (χ3v) is 3.62. The summed E-state index contributed by atoms with van der Waals surface area (Å²) < 4.78 is 0. The number of rotatable bonds is 4. The Hall–Kier alpha value is -2.09. The van der Waals surface area contributed by atoms with E-state index in [0.29, 0.717) is 6.04 Å². The molecule has 2 heteroatoms. The van der Waals surface area contributed by atoms with Crippen LogP contribution < -0.4 is 10.3 Å². The van der Waals surface area contributed by atoms with E-state index < -0.39 is 0 Å². The molecule has 0 spiro atoms. The fourth-order valence-electron chi connectivity index (χ4n) is 2.20. The minimum Gasteiger partial charge on any atom is -0.271 e. The minimum atomic E-state index is 0.632. The number of benzene rings is 2. The first-order valence-electron chi connectivity index (χ1n) is 7.40. The molecule has 0 aromatic heterocycles. The summed E-state index contributed by atoms with van der Waals surface area (Å²) in [6.07, 6.45) is 3.62. The highest BCUT2D eigenvalue weighted by Crippen LogP contribution is 2.14. The molecular weight excluding hydrogens is 244 g/mol. The number of nitrogens with one attached hydrogen (secondary N) is 2. The average Bonchev–Trinajstić information content (AvgIpc) is 3.32. The van der Waals surface area contributed by atoms with Crippen molar-refractivity contribution in [3.05, 3.63) is 65.7 Å². The van der Waals surface area contributed by atoms with E-state index in [4.69, 9.17) is 0 Å². The first-order valence-corrected chi connectivity index (χ1v) is 7.40. The first-order chi connectivity index (χ1) is 9.85. The Morgan fingerprint density at radius 3 is 2.35 bits per heavy atom. The van der Waals surface area contributed by atoms with Crippen molar-refractivity contribution in [2.24, 2.45) is 0 Å². The van der Waals surface area contributed by atoms with Crippen LogP contribution in [0.2, 0.25) is 0 Å². The van der Waals surface area contributed by atoms with E-state index in [1.165, 1.54) is 24.0 Å². The predicted octanol–water partition coefficient (Wildman–Crippen LogP) is 2.35. The van der Waals surface area contributed by atoms with Crippen LogP contribution in [0.25, 0.3) is 0 Å². The topological polar surface area (TPSA) is 26.0 Å². The Morgan fingerprint density at radius 1 is 1.05 bits per heavy atom. The van der Waals surface area contributed by atoms with Crippen LogP contribution >= 0.6 is 0 Å². The molecule has 0 radical (unpaired) electrons. The lowest BCUT2D eigenvalue weighted by Gasteiger charge is -2.04. The van der Waals surface area contributed by atoms with Crippen molar-refractivity contribution in [1.82, 2.24) is 0 Å². The average molecular weight is 265 g/mol. The third-order valence-electron chi connectivity index (χ3n) is 3.62. The Morgan fingerprint density at radius 2 is 1.75 bits per heavy atom. The van der Waals surface area contributed by atoms with Crippen LogP contribution in [-0.4, -0.2) is 11.9 Å². The fourth-order valence-corrected chi connectivity index (χ4v) is 2.20. The molecule has 0 amide bonds. The van der Waals surface area contributed by atoms with Crippen molar-refractivity contribution >= 4 is 11.5 Å². The SMILES string of the molecule is CCc1ccc(NC(=[NH+]C2CC2)c2ccccc2)cc1. The van der Waals surface area contributed by atoms with E-state index in [0.717, 1.165) is 17.9 Å². The van der Waals surface area contributed by atoms with E-state index >= 15 is 0 Å². The van der Waals surface area contributed by atoms with Gasteiger partial charge >= 0.3 is 0 Å². The summed E-state index contributed by atoms with van der Waals surface area (Å²) in [4.78, 5) is 3.59. The second kappa shape index (κ2) is 5.91. The Bertz CT molecular complexity index is 581. The number of aryl methyl sites for hydroxylation is 1. The summed E-state index contributed by atoms with van der Waals surface area (Å²) in [5, 5.41) is 3.52. The van der Waals surface area contributed by atoms with E-state index in [9.17, 15) is 0 Å². The highest BCUT2D eigenvalue weighted by Gasteiger charge is 2.25. The summed E-state index contributed by atoms with van der Waals surface area (Å²) >= 11 is 0. The van der Waals surface area contributed by atoms with Crippen molar-refractivity contribution in [3.63, 3.8) is 0 Å². The molecule has 0 atom stereocenters. The van der Waals surface area contributed by atoms with Crippen LogP contribution in [0.1, 0.15) is 30.9 Å². The standard InChI is InChI=1S/C18H20N2/c1-2-14-8-10-16(11-9-14)19-18(20-17-12-13-17)15-6-4-3-5-7-15/h3-11,17H,2,12-13H2,1H3,(H,19,20)/p+1. The molecule has 102 valence electrons. The van der Waals surface area contributed by atoms with Crippen molar-refractivity contribution in [1.29, 1.82) is 0 Å². The molecule has 2 aromatic carbocycles. The maximum atomic E-state index is 3.59. The largest absolute Gasteiger partial charge is 0.280 e. The van der Waals surface area contributed by atoms with Crippen molar-refractivity contribution in [2.75, 3.05) is 5.32 Å². The molecule has 1 saturated carbocycles. The van der Waals surface area contributed by atoms with Crippen LogP contribution in [0.15, 0.2) is 54.6 Å². The molecule has 2 N–H and O–H groups in total. The van der Waals surface area contributed by atoms with Gasteiger partial charge < -0.3 is 0 Å². The monoisotopic (exact) mass is 265 g/mol. The van der Waals surface area contributed by atoms with Crippen LogP contribution in [0.3, 0.4) is 0 Å². The highest BCUT2D eigenvalue weighted by molar-refractivity contribution is 6.04. The van der Waals surface area contributed by atoms with Gasteiger partial charge in [-0.2, -0.15) is 0 Å². The second-order valence-corrected chi connectivity index (χ2v) is 5.34. The maximum absolute atomic E-state index is 3.59. The van der Waals surface area contributed by atoms with Gasteiger partial charge in [-0.3, -0.25) is 4.99 Å². The van der Waals surface area contributed by atoms with Gasteiger partial charge in [0.25, 0.3) is 5.84 Å². The lowest BCUT2D eigenvalue weighted by atomic mass is 10.1. The second-order valence-electron chi connectivity index (χ2n) is 5.34. The molecule has 1 aliphatic rings. The van der Waals surface area contributed by atoms with E-state index in [-0.39, 0.29) is 0 Å². The van der Waals surface area contributed by atoms with Gasteiger partial charge in [0.1, 0.15) is 5.69 Å². The summed E-state index contributed by atoms with van der Waals surface area (Å²) in [7, 11) is 0. The molecule has 1 fully saturated rings. The quantitative estimate of drug-likeness (QED) is 0.644. The minimum absolute atomic E-state index is 0.632. The Labute approximate surface area is 120 Å². The van der Waals surface area contributed by atoms with E-state index in [1.54, 1.807) is 0 Å². The van der Waals surface area contributed by atoms with Gasteiger partial charge in [-0.05, 0) is 49.1 Å². The zero-order valence-electron chi connectivity index (χ0n) is 11.9. The van der Waals surface area contributed by atoms with Gasteiger partial charge in [0.15, 0.2) is 0 Å². The fraction of sp³-hybridized carbons (Fsp3) is 0.278. The lowest BCUT2D eigenvalue weighted by Crippen LogP contribution is -2.76. The van der Waals surface area contributed by atoms with Gasteiger partial charge in [0, 0.05) is 0 Å². The summed E-state index contributed by atoms with van der Waals surface area (Å²) in [6.45, 7) is 2.18. The molecule has 1 aliphatic carbocycles. The normalized spacial score (nSPS) is 15.2. The Kier molecular flexibility index (Phi) is 3.82. The number of hydrogen-bond donors (Lipinski definition) is 2. The molecule has 0 bridgehead atoms. The van der Waals surface area contributed by atoms with E-state index in [2.05, 4.69) is 65.8 Å². The van der Waals surface area contributed by atoms with Crippen LogP contribution in [0, 0.1) is 0 Å². The molecule has 0 unspecified atom stereocenters. The molecule has 3 rings (SSSR count). The van der Waals surface area contributed by atoms with Gasteiger partial charge in [0.05, 0.1) is 11.6 Å². The van der Waals surface area contributed by atoms with Crippen LogP contribution in [0.4, 0.5) is 5.69 Å². The number of hydrogen-bond acceptors (Lipinski definition) is 0. The lowest BCUT2D eigenvalue weighted by molar-refractivity contribution is -0.472. The maximum Gasteiger partial charge on any atom is 0.280 e. The van der Waals surface area contributed by atoms with Crippen molar-refractivity contribution in [2.45, 2.75) is 32.2 Å². The molecule has 2 nitrogen and oxygen atoms in total. The molecule has 0 aliphatic heterocycles. The molecule has 0 saturated heterocycles. The Balaban J connectivity index is 1.83. The molecule has 0 heterocycles. The van der Waals surface area contributed by atoms with Gasteiger partial charge in [-0.1, -0.05) is 37.3 Å². The zero-order valence-corrected chi connectivity index (χ0v) is 11.9. The van der Waals surface area contributed by atoms with Gasteiger partial charge in [-0.15, -0.1) is 0 Å². The smallest absolute Gasteiger partial charge is 0.271 e. The third kappa shape index (κ3) is 3.27. The number of anilines is 1. The highest BCUT2D eigenvalue weighted by atomic mass is 15.0. The number of amidine groups is 1. The molecule has 20 heavy (non-hydrogen) atoms. The van der Waals surface area contributed by atoms with E-state index in [1.807, 2.05) is 6.07 Å². The van der Waals surface area contributed by atoms with Crippen molar-refractivity contribution < 1.29 is 4.99 Å². The summed E-state index contributed by atoms with van der Waals surface area (Å²) in [5.41, 5.74) is 3.71. The summed E-state index contributed by atoms with van der Waals surface area (Å²) in [6, 6.07) is 19.8. The molecule has 2 aromatic rings. The summed E-state index contributed by atoms with van der Waals surface area (Å²) in [5.74, 6) is 1.11. The van der Waals surface area contributed by atoms with Crippen molar-refractivity contribution in [3.8, 4) is 0 Å². The predicted molar refractivity (Wildman–Crippen MR) is 84.0 cm³/mol.